The molecule has 0 radical (unpaired) electrons. The van der Waals surface area contributed by atoms with Crippen LogP contribution in [-0.2, 0) is 0 Å². The number of halogens is 1. The normalized spacial score (nSPS) is 11.7. The molecule has 0 heterocycles. The number of phenolic OH excluding ortho intramolecular Hbond substituents is 1. The Bertz CT molecular complexity index is 331. The van der Waals surface area contributed by atoms with Crippen LogP contribution in [0.2, 0.25) is 0 Å². The summed E-state index contributed by atoms with van der Waals surface area (Å²) in [7, 11) is 1.54. The van der Waals surface area contributed by atoms with E-state index in [2.05, 4.69) is 6.92 Å². The van der Waals surface area contributed by atoms with E-state index in [4.69, 9.17) is 10.5 Å². The van der Waals surface area contributed by atoms with Gasteiger partial charge < -0.3 is 15.6 Å². The molecule has 1 aromatic rings. The van der Waals surface area contributed by atoms with Crippen LogP contribution in [0, 0.1) is 0 Å². The second kappa shape index (κ2) is 8.20. The van der Waals surface area contributed by atoms with Crippen molar-refractivity contribution < 1.29 is 9.84 Å². The Hall–Kier alpha value is -0.930. The minimum absolute atomic E-state index is 0. The van der Waals surface area contributed by atoms with Crippen LogP contribution in [0.25, 0.3) is 0 Å². The zero-order valence-corrected chi connectivity index (χ0v) is 11.3. The molecule has 0 aromatic heterocycles. The third-order valence-electron chi connectivity index (χ3n) is 2.77. The Morgan fingerprint density at radius 1 is 1.35 bits per heavy atom. The molecule has 4 heteroatoms. The van der Waals surface area contributed by atoms with Crippen molar-refractivity contribution in [1.29, 1.82) is 0 Å². The van der Waals surface area contributed by atoms with E-state index < -0.39 is 0 Å². The van der Waals surface area contributed by atoms with E-state index in [0.717, 1.165) is 18.4 Å². The lowest BCUT2D eigenvalue weighted by Crippen LogP contribution is -2.10. The van der Waals surface area contributed by atoms with Crippen molar-refractivity contribution in [2.75, 3.05) is 7.11 Å². The molecule has 98 valence electrons. The molecule has 1 atom stereocenters. The van der Waals surface area contributed by atoms with Crippen molar-refractivity contribution in [2.45, 2.75) is 38.6 Å². The van der Waals surface area contributed by atoms with Gasteiger partial charge in [0.25, 0.3) is 0 Å². The number of benzene rings is 1. The molecule has 0 spiro atoms. The molecular weight excluding hydrogens is 238 g/mol. The summed E-state index contributed by atoms with van der Waals surface area (Å²) in [5, 5.41) is 9.91. The molecule has 0 fully saturated rings. The van der Waals surface area contributed by atoms with Gasteiger partial charge in [-0.15, -0.1) is 12.4 Å². The van der Waals surface area contributed by atoms with Crippen LogP contribution in [-0.4, -0.2) is 12.2 Å². The molecule has 1 aromatic carbocycles. The minimum atomic E-state index is -0.110. The third kappa shape index (κ3) is 4.44. The van der Waals surface area contributed by atoms with Gasteiger partial charge in [0.2, 0.25) is 0 Å². The quantitative estimate of drug-likeness (QED) is 0.770. The smallest absolute Gasteiger partial charge is 0.162 e. The number of ether oxygens (including phenoxy) is 1. The van der Waals surface area contributed by atoms with Gasteiger partial charge >= 0.3 is 0 Å². The Morgan fingerprint density at radius 2 is 2.06 bits per heavy atom. The number of rotatable bonds is 6. The SMILES string of the molecule is CCCCC[C@H](N)c1cccc(OC)c1O.Cl. The predicted octanol–water partition coefficient (Wildman–Crippen LogP) is 3.40. The highest BCUT2D eigenvalue weighted by molar-refractivity contribution is 5.85. The monoisotopic (exact) mass is 259 g/mol. The van der Waals surface area contributed by atoms with Crippen molar-refractivity contribution in [3.8, 4) is 11.5 Å². The van der Waals surface area contributed by atoms with E-state index in [1.165, 1.54) is 12.8 Å². The van der Waals surface area contributed by atoms with E-state index >= 15 is 0 Å². The van der Waals surface area contributed by atoms with Gasteiger partial charge in [-0.25, -0.2) is 0 Å². The van der Waals surface area contributed by atoms with Gasteiger partial charge in [-0.2, -0.15) is 0 Å². The summed E-state index contributed by atoms with van der Waals surface area (Å²) in [6.07, 6.45) is 4.35. The van der Waals surface area contributed by atoms with Gasteiger partial charge in [-0.05, 0) is 12.5 Å². The molecule has 0 aliphatic carbocycles. The molecule has 0 amide bonds. The Labute approximate surface area is 109 Å². The second-order valence-electron chi connectivity index (χ2n) is 4.00. The molecule has 0 aliphatic heterocycles. The lowest BCUT2D eigenvalue weighted by molar-refractivity contribution is 0.367. The van der Waals surface area contributed by atoms with Gasteiger partial charge in [-0.1, -0.05) is 38.3 Å². The highest BCUT2D eigenvalue weighted by Crippen LogP contribution is 2.34. The van der Waals surface area contributed by atoms with Crippen LogP contribution in [0.15, 0.2) is 18.2 Å². The molecule has 3 N–H and O–H groups in total. The maximum absolute atomic E-state index is 9.91. The highest BCUT2D eigenvalue weighted by Gasteiger charge is 2.13. The van der Waals surface area contributed by atoms with Crippen molar-refractivity contribution in [2.24, 2.45) is 5.73 Å². The number of methoxy groups -OCH3 is 1. The first-order valence-electron chi connectivity index (χ1n) is 5.82. The fourth-order valence-electron chi connectivity index (χ4n) is 1.77. The second-order valence-corrected chi connectivity index (χ2v) is 4.00. The van der Waals surface area contributed by atoms with Gasteiger partial charge in [-0.3, -0.25) is 0 Å². The zero-order chi connectivity index (χ0) is 12.0. The summed E-state index contributed by atoms with van der Waals surface area (Å²) in [6, 6.07) is 5.33. The van der Waals surface area contributed by atoms with Gasteiger partial charge in [0.15, 0.2) is 11.5 Å². The van der Waals surface area contributed by atoms with Crippen LogP contribution in [0.1, 0.15) is 44.2 Å². The molecule has 1 rings (SSSR count). The first-order valence-corrected chi connectivity index (χ1v) is 5.82. The minimum Gasteiger partial charge on any atom is -0.504 e. The van der Waals surface area contributed by atoms with E-state index in [9.17, 15) is 5.11 Å². The molecule has 0 bridgehead atoms. The molecule has 0 saturated carbocycles. The van der Waals surface area contributed by atoms with Crippen LogP contribution >= 0.6 is 12.4 Å². The average Bonchev–Trinajstić information content (AvgIpc) is 2.29. The zero-order valence-electron chi connectivity index (χ0n) is 10.5. The number of nitrogens with two attached hydrogens (primary N) is 1. The summed E-state index contributed by atoms with van der Waals surface area (Å²) < 4.78 is 5.06. The maximum atomic E-state index is 9.91. The topological polar surface area (TPSA) is 55.5 Å². The standard InChI is InChI=1S/C13H21NO2.ClH/c1-3-4-5-8-11(14)10-7-6-9-12(16-2)13(10)15;/h6-7,9,11,15H,3-5,8,14H2,1-2H3;1H/t11-;/m0./s1. The van der Waals surface area contributed by atoms with Crippen molar-refractivity contribution in [3.63, 3.8) is 0 Å². The summed E-state index contributed by atoms with van der Waals surface area (Å²) in [5.41, 5.74) is 6.82. The summed E-state index contributed by atoms with van der Waals surface area (Å²) in [6.45, 7) is 2.16. The van der Waals surface area contributed by atoms with Gasteiger partial charge in [0.05, 0.1) is 7.11 Å². The molecular formula is C13H22ClNO2. The first-order chi connectivity index (χ1) is 7.70. The fourth-order valence-corrected chi connectivity index (χ4v) is 1.77. The Kier molecular flexibility index (Phi) is 7.75. The number of unbranched alkanes of at least 4 members (excludes halogenated alkanes) is 2. The molecule has 0 saturated heterocycles. The first kappa shape index (κ1) is 16.1. The lowest BCUT2D eigenvalue weighted by Gasteiger charge is -2.15. The summed E-state index contributed by atoms with van der Waals surface area (Å²) >= 11 is 0. The molecule has 0 unspecified atom stereocenters. The van der Waals surface area contributed by atoms with Crippen molar-refractivity contribution >= 4 is 12.4 Å². The third-order valence-corrected chi connectivity index (χ3v) is 2.77. The van der Waals surface area contributed by atoms with Crippen LogP contribution < -0.4 is 10.5 Å². The van der Waals surface area contributed by atoms with Gasteiger partial charge in [0, 0.05) is 11.6 Å². The fraction of sp³-hybridized carbons (Fsp3) is 0.538. The molecule has 17 heavy (non-hydrogen) atoms. The summed E-state index contributed by atoms with van der Waals surface area (Å²) in [5.74, 6) is 0.664. The van der Waals surface area contributed by atoms with E-state index in [0.29, 0.717) is 5.75 Å². The molecule has 3 nitrogen and oxygen atoms in total. The molecule has 0 aliphatic rings. The van der Waals surface area contributed by atoms with Crippen molar-refractivity contribution in [1.82, 2.24) is 0 Å². The van der Waals surface area contributed by atoms with E-state index in [-0.39, 0.29) is 24.2 Å². The number of hydrogen-bond acceptors (Lipinski definition) is 3. The largest absolute Gasteiger partial charge is 0.504 e. The number of phenols is 1. The van der Waals surface area contributed by atoms with Crippen molar-refractivity contribution in [3.05, 3.63) is 23.8 Å². The van der Waals surface area contributed by atoms with Crippen LogP contribution in [0.3, 0.4) is 0 Å². The average molecular weight is 260 g/mol. The number of hydrogen-bond donors (Lipinski definition) is 2. The highest BCUT2D eigenvalue weighted by atomic mass is 35.5. The van der Waals surface area contributed by atoms with E-state index in [1.807, 2.05) is 12.1 Å². The maximum Gasteiger partial charge on any atom is 0.162 e. The van der Waals surface area contributed by atoms with Crippen LogP contribution in [0.4, 0.5) is 0 Å². The number of aromatic hydroxyl groups is 1. The van der Waals surface area contributed by atoms with Crippen LogP contribution in [0.5, 0.6) is 11.5 Å². The number of para-hydroxylation sites is 1. The van der Waals surface area contributed by atoms with E-state index in [1.54, 1.807) is 13.2 Å². The predicted molar refractivity (Wildman–Crippen MR) is 73.0 cm³/mol. The Balaban J connectivity index is 0.00000256. The lowest BCUT2D eigenvalue weighted by atomic mass is 10.00. The van der Waals surface area contributed by atoms with Gasteiger partial charge in [0.1, 0.15) is 0 Å². The Morgan fingerprint density at radius 3 is 2.65 bits per heavy atom. The summed E-state index contributed by atoms with van der Waals surface area (Å²) in [4.78, 5) is 0.